The monoisotopic (exact) mass is 331 g/mol. The van der Waals surface area contributed by atoms with Crippen molar-refractivity contribution in [2.24, 2.45) is 11.3 Å². The molecular formula is C15H22ClNO3S. The molecule has 1 atom stereocenters. The Morgan fingerprint density at radius 1 is 1.38 bits per heavy atom. The van der Waals surface area contributed by atoms with Gasteiger partial charge in [0.1, 0.15) is 0 Å². The fourth-order valence-electron chi connectivity index (χ4n) is 2.62. The van der Waals surface area contributed by atoms with Crippen molar-refractivity contribution in [3.05, 3.63) is 28.8 Å². The van der Waals surface area contributed by atoms with Crippen molar-refractivity contribution in [2.45, 2.75) is 38.7 Å². The van der Waals surface area contributed by atoms with Gasteiger partial charge in [-0.15, -0.1) is 0 Å². The second kappa shape index (κ2) is 5.88. The number of hydrogen-bond donors (Lipinski definition) is 1. The van der Waals surface area contributed by atoms with E-state index in [1.165, 1.54) is 16.4 Å². The van der Waals surface area contributed by atoms with Gasteiger partial charge >= 0.3 is 0 Å². The zero-order valence-electron chi connectivity index (χ0n) is 12.6. The summed E-state index contributed by atoms with van der Waals surface area (Å²) in [6.45, 7) is 7.31. The fourth-order valence-corrected chi connectivity index (χ4v) is 4.45. The molecule has 1 aromatic rings. The Balaban J connectivity index is 2.25. The lowest BCUT2D eigenvalue weighted by Crippen LogP contribution is -2.31. The summed E-state index contributed by atoms with van der Waals surface area (Å²) >= 11 is 6.00. The maximum atomic E-state index is 12.7. The number of hydrogen-bond acceptors (Lipinski definition) is 3. The Kier molecular flexibility index (Phi) is 4.69. The van der Waals surface area contributed by atoms with Gasteiger partial charge in [-0.1, -0.05) is 38.4 Å². The van der Waals surface area contributed by atoms with Crippen LogP contribution in [0.15, 0.2) is 23.1 Å². The number of aliphatic hydroxyl groups is 1. The lowest BCUT2D eigenvalue weighted by atomic mass is 9.80. The summed E-state index contributed by atoms with van der Waals surface area (Å²) in [4.78, 5) is 0.194. The minimum atomic E-state index is -3.51. The van der Waals surface area contributed by atoms with Gasteiger partial charge in [-0.3, -0.25) is 0 Å². The lowest BCUT2D eigenvalue weighted by molar-refractivity contribution is 0.252. The number of nitrogens with zero attached hydrogens (tertiary/aromatic N) is 1. The van der Waals surface area contributed by atoms with Crippen molar-refractivity contribution in [3.63, 3.8) is 0 Å². The first kappa shape index (κ1) is 16.7. The van der Waals surface area contributed by atoms with E-state index in [4.69, 9.17) is 16.7 Å². The van der Waals surface area contributed by atoms with Crippen LogP contribution in [0.5, 0.6) is 0 Å². The number of benzene rings is 1. The number of rotatable bonds is 3. The van der Waals surface area contributed by atoms with E-state index in [9.17, 15) is 8.42 Å². The Labute approximate surface area is 131 Å². The molecule has 0 aromatic heterocycles. The van der Waals surface area contributed by atoms with Gasteiger partial charge in [-0.25, -0.2) is 8.42 Å². The predicted octanol–water partition coefficient (Wildman–Crippen LogP) is 2.89. The molecule has 1 aromatic carbocycles. The van der Waals surface area contributed by atoms with E-state index >= 15 is 0 Å². The van der Waals surface area contributed by atoms with Gasteiger partial charge < -0.3 is 5.11 Å². The molecule has 21 heavy (non-hydrogen) atoms. The van der Waals surface area contributed by atoms with Crippen molar-refractivity contribution in [3.8, 4) is 0 Å². The fraction of sp³-hybridized carbons (Fsp3) is 0.600. The van der Waals surface area contributed by atoms with E-state index in [-0.39, 0.29) is 21.9 Å². The van der Waals surface area contributed by atoms with Gasteiger partial charge in [-0.05, 0) is 35.4 Å². The molecule has 0 bridgehead atoms. The summed E-state index contributed by atoms with van der Waals surface area (Å²) in [6, 6.07) is 4.50. The minimum absolute atomic E-state index is 0.0999. The zero-order chi connectivity index (χ0) is 15.8. The van der Waals surface area contributed by atoms with Gasteiger partial charge in [0.05, 0.1) is 11.5 Å². The summed E-state index contributed by atoms with van der Waals surface area (Å²) in [5.41, 5.74) is 0.632. The molecule has 1 fully saturated rings. The van der Waals surface area contributed by atoms with Gasteiger partial charge in [-0.2, -0.15) is 4.31 Å². The molecule has 0 radical (unpaired) electrons. The number of halogens is 1. The molecule has 1 aliphatic rings. The molecule has 0 amide bonds. The minimum Gasteiger partial charge on any atom is -0.392 e. The molecular weight excluding hydrogens is 310 g/mol. The molecule has 6 heteroatoms. The van der Waals surface area contributed by atoms with Crippen molar-refractivity contribution >= 4 is 21.6 Å². The summed E-state index contributed by atoms with van der Waals surface area (Å²) in [6.07, 6.45) is 0.880. The normalized spacial score (nSPS) is 20.9. The average molecular weight is 332 g/mol. The van der Waals surface area contributed by atoms with Crippen LogP contribution in [0.4, 0.5) is 0 Å². The van der Waals surface area contributed by atoms with Crippen molar-refractivity contribution in [1.29, 1.82) is 0 Å². The number of aliphatic hydroxyl groups excluding tert-OH is 1. The maximum absolute atomic E-state index is 12.7. The smallest absolute Gasteiger partial charge is 0.243 e. The highest BCUT2D eigenvalue weighted by atomic mass is 35.5. The summed E-state index contributed by atoms with van der Waals surface area (Å²) in [5, 5.41) is 9.39. The second-order valence-corrected chi connectivity index (χ2v) is 8.97. The van der Waals surface area contributed by atoms with Crippen LogP contribution >= 0.6 is 11.6 Å². The molecule has 0 aliphatic carbocycles. The third-order valence-electron chi connectivity index (χ3n) is 4.21. The molecule has 1 saturated heterocycles. The first-order valence-corrected chi connectivity index (χ1v) is 8.87. The zero-order valence-corrected chi connectivity index (χ0v) is 14.2. The van der Waals surface area contributed by atoms with Crippen LogP contribution in [0.2, 0.25) is 5.02 Å². The first-order valence-electron chi connectivity index (χ1n) is 7.05. The van der Waals surface area contributed by atoms with Crippen LogP contribution in [0, 0.1) is 11.3 Å². The van der Waals surface area contributed by atoms with Gasteiger partial charge in [0.2, 0.25) is 10.0 Å². The first-order chi connectivity index (χ1) is 9.66. The third kappa shape index (κ3) is 3.42. The van der Waals surface area contributed by atoms with Crippen LogP contribution in [-0.4, -0.2) is 30.9 Å². The third-order valence-corrected chi connectivity index (χ3v) is 6.42. The van der Waals surface area contributed by atoms with Crippen molar-refractivity contribution < 1.29 is 13.5 Å². The van der Waals surface area contributed by atoms with Crippen LogP contribution in [0.3, 0.4) is 0 Å². The molecule has 1 unspecified atom stereocenters. The van der Waals surface area contributed by atoms with Crippen LogP contribution < -0.4 is 0 Å². The standard InChI is InChI=1S/C15H22ClNO3S/c1-15(2,3)12-6-7-17(9-12)21(19,20)13-5-4-11(10-18)14(16)8-13/h4-5,8,12,18H,6-7,9-10H2,1-3H3. The highest BCUT2D eigenvalue weighted by molar-refractivity contribution is 7.89. The van der Waals surface area contributed by atoms with Crippen LogP contribution in [0.25, 0.3) is 0 Å². The predicted molar refractivity (Wildman–Crippen MR) is 83.7 cm³/mol. The Bertz CT molecular complexity index is 622. The molecule has 1 heterocycles. The van der Waals surface area contributed by atoms with Crippen molar-refractivity contribution in [2.75, 3.05) is 13.1 Å². The second-order valence-electron chi connectivity index (χ2n) is 6.63. The largest absolute Gasteiger partial charge is 0.392 e. The molecule has 1 N–H and O–H groups in total. The highest BCUT2D eigenvalue weighted by Gasteiger charge is 2.37. The average Bonchev–Trinajstić information content (AvgIpc) is 2.88. The van der Waals surface area contributed by atoms with E-state index in [1.807, 2.05) is 0 Å². The Morgan fingerprint density at radius 3 is 2.52 bits per heavy atom. The van der Waals surface area contributed by atoms with Gasteiger partial charge in [0, 0.05) is 18.1 Å². The van der Waals surface area contributed by atoms with Crippen LogP contribution in [0.1, 0.15) is 32.8 Å². The topological polar surface area (TPSA) is 57.6 Å². The van der Waals surface area contributed by atoms with E-state index < -0.39 is 10.0 Å². The maximum Gasteiger partial charge on any atom is 0.243 e. The van der Waals surface area contributed by atoms with E-state index in [0.717, 1.165) is 6.42 Å². The molecule has 1 aliphatic heterocycles. The van der Waals surface area contributed by atoms with Crippen molar-refractivity contribution in [1.82, 2.24) is 4.31 Å². The summed E-state index contributed by atoms with van der Waals surface area (Å²) < 4.78 is 26.9. The molecule has 2 rings (SSSR count). The van der Waals surface area contributed by atoms with E-state index in [2.05, 4.69) is 20.8 Å². The SMILES string of the molecule is CC(C)(C)C1CCN(S(=O)(=O)c2ccc(CO)c(Cl)c2)C1. The summed E-state index contributed by atoms with van der Waals surface area (Å²) in [5.74, 6) is 0.361. The van der Waals surface area contributed by atoms with Gasteiger partial charge in [0.25, 0.3) is 0 Å². The lowest BCUT2D eigenvalue weighted by Gasteiger charge is -2.26. The Hall–Kier alpha value is -0.620. The quantitative estimate of drug-likeness (QED) is 0.926. The van der Waals surface area contributed by atoms with E-state index in [1.54, 1.807) is 6.07 Å². The number of sulfonamides is 1. The molecule has 0 saturated carbocycles. The molecule has 4 nitrogen and oxygen atoms in total. The van der Waals surface area contributed by atoms with Gasteiger partial charge in [0.15, 0.2) is 0 Å². The van der Waals surface area contributed by atoms with Crippen LogP contribution in [-0.2, 0) is 16.6 Å². The highest BCUT2D eigenvalue weighted by Crippen LogP contribution is 2.36. The molecule has 118 valence electrons. The molecule has 0 spiro atoms. The van der Waals surface area contributed by atoms with E-state index in [0.29, 0.717) is 24.6 Å². The summed E-state index contributed by atoms with van der Waals surface area (Å²) in [7, 11) is -3.51. The Morgan fingerprint density at radius 2 is 2.05 bits per heavy atom.